The normalized spacial score (nSPS) is 18.1. The number of nitrogens with zero attached hydrogens (tertiary/aromatic N) is 3. The maximum absolute atomic E-state index is 12.0. The molecule has 154 valence electrons. The van der Waals surface area contributed by atoms with Crippen molar-refractivity contribution in [2.75, 3.05) is 46.4 Å². The van der Waals surface area contributed by atoms with Crippen LogP contribution >= 0.6 is 0 Å². The van der Waals surface area contributed by atoms with E-state index in [0.29, 0.717) is 24.9 Å². The number of carbonyl (C=O) groups is 1. The van der Waals surface area contributed by atoms with E-state index in [1.807, 2.05) is 19.1 Å². The SMILES string of the molecule is CCNC(=NCc1cccc(OC)c1O)N1CCN(CC(=O)NC2CC2)CC1. The van der Waals surface area contributed by atoms with Crippen LogP contribution in [0.4, 0.5) is 0 Å². The Balaban J connectivity index is 1.55. The fourth-order valence-electron chi connectivity index (χ4n) is 3.27. The maximum Gasteiger partial charge on any atom is 0.234 e. The molecule has 1 amide bonds. The van der Waals surface area contributed by atoms with Crippen LogP contribution in [0.15, 0.2) is 23.2 Å². The second-order valence-corrected chi connectivity index (χ2v) is 7.24. The molecular formula is C20H31N5O3. The van der Waals surface area contributed by atoms with Gasteiger partial charge in [-0.3, -0.25) is 9.69 Å². The van der Waals surface area contributed by atoms with Gasteiger partial charge in [-0.2, -0.15) is 0 Å². The Morgan fingerprint density at radius 1 is 1.29 bits per heavy atom. The lowest BCUT2D eigenvalue weighted by molar-refractivity contribution is -0.122. The number of para-hydroxylation sites is 1. The standard InChI is InChI=1S/C20H31N5O3/c1-3-21-20(22-13-15-5-4-6-17(28-2)19(15)27)25-11-9-24(10-12-25)14-18(26)23-16-7-8-16/h4-6,16,27H,3,7-14H2,1-2H3,(H,21,22)(H,23,26). The minimum Gasteiger partial charge on any atom is -0.504 e. The summed E-state index contributed by atoms with van der Waals surface area (Å²) in [5, 5.41) is 16.6. The number of ether oxygens (including phenoxy) is 1. The summed E-state index contributed by atoms with van der Waals surface area (Å²) in [6, 6.07) is 5.84. The first kappa shape index (κ1) is 20.3. The first-order valence-electron chi connectivity index (χ1n) is 10.0. The van der Waals surface area contributed by atoms with Gasteiger partial charge in [0.15, 0.2) is 17.5 Å². The number of piperazine rings is 1. The number of aromatic hydroxyl groups is 1. The van der Waals surface area contributed by atoms with Gasteiger partial charge in [-0.05, 0) is 25.8 Å². The van der Waals surface area contributed by atoms with Gasteiger partial charge in [-0.25, -0.2) is 4.99 Å². The van der Waals surface area contributed by atoms with Crippen LogP contribution in [-0.2, 0) is 11.3 Å². The van der Waals surface area contributed by atoms with Gasteiger partial charge in [0, 0.05) is 44.3 Å². The largest absolute Gasteiger partial charge is 0.504 e. The van der Waals surface area contributed by atoms with Crippen LogP contribution in [0.1, 0.15) is 25.3 Å². The van der Waals surface area contributed by atoms with Gasteiger partial charge >= 0.3 is 0 Å². The zero-order valence-electron chi connectivity index (χ0n) is 16.8. The van der Waals surface area contributed by atoms with Gasteiger partial charge in [-0.15, -0.1) is 0 Å². The van der Waals surface area contributed by atoms with Gasteiger partial charge in [0.25, 0.3) is 0 Å². The first-order chi connectivity index (χ1) is 13.6. The summed E-state index contributed by atoms with van der Waals surface area (Å²) in [7, 11) is 1.54. The van der Waals surface area contributed by atoms with E-state index in [1.165, 1.54) is 7.11 Å². The summed E-state index contributed by atoms with van der Waals surface area (Å²) < 4.78 is 5.16. The minimum atomic E-state index is 0.130. The van der Waals surface area contributed by atoms with Gasteiger partial charge in [0.05, 0.1) is 20.2 Å². The van der Waals surface area contributed by atoms with Gasteiger partial charge in [-0.1, -0.05) is 12.1 Å². The smallest absolute Gasteiger partial charge is 0.234 e. The third-order valence-corrected chi connectivity index (χ3v) is 5.02. The number of hydrogen-bond donors (Lipinski definition) is 3. The highest BCUT2D eigenvalue weighted by molar-refractivity contribution is 5.80. The van der Waals surface area contributed by atoms with Gasteiger partial charge in [0.1, 0.15) is 0 Å². The third-order valence-electron chi connectivity index (χ3n) is 5.02. The topological polar surface area (TPSA) is 89.4 Å². The fourth-order valence-corrected chi connectivity index (χ4v) is 3.27. The quantitative estimate of drug-likeness (QED) is 0.471. The number of guanidine groups is 1. The van der Waals surface area contributed by atoms with Crippen molar-refractivity contribution in [3.05, 3.63) is 23.8 Å². The summed E-state index contributed by atoms with van der Waals surface area (Å²) in [6.07, 6.45) is 2.23. The Bertz CT molecular complexity index is 697. The van der Waals surface area contributed by atoms with E-state index in [4.69, 9.17) is 9.73 Å². The van der Waals surface area contributed by atoms with Crippen molar-refractivity contribution in [3.8, 4) is 11.5 Å². The molecule has 3 rings (SSSR count). The molecule has 1 aliphatic heterocycles. The number of aliphatic imine (C=N–C) groups is 1. The third kappa shape index (κ3) is 5.51. The molecule has 1 aromatic rings. The molecule has 2 fully saturated rings. The molecule has 0 spiro atoms. The lowest BCUT2D eigenvalue weighted by Gasteiger charge is -2.36. The molecule has 1 aliphatic carbocycles. The lowest BCUT2D eigenvalue weighted by Crippen LogP contribution is -2.54. The van der Waals surface area contributed by atoms with Crippen LogP contribution in [-0.4, -0.2) is 79.2 Å². The summed E-state index contributed by atoms with van der Waals surface area (Å²) in [5.41, 5.74) is 0.727. The van der Waals surface area contributed by atoms with E-state index in [2.05, 4.69) is 20.4 Å². The number of hydrogen-bond acceptors (Lipinski definition) is 5. The molecular weight excluding hydrogens is 358 g/mol. The van der Waals surface area contributed by atoms with Crippen LogP contribution in [0.3, 0.4) is 0 Å². The van der Waals surface area contributed by atoms with Crippen molar-refractivity contribution in [1.29, 1.82) is 0 Å². The molecule has 3 N–H and O–H groups in total. The maximum atomic E-state index is 12.0. The van der Waals surface area contributed by atoms with E-state index in [-0.39, 0.29) is 11.7 Å². The molecule has 8 nitrogen and oxygen atoms in total. The number of rotatable bonds is 7. The van der Waals surface area contributed by atoms with Crippen LogP contribution in [0, 0.1) is 0 Å². The molecule has 1 saturated carbocycles. The van der Waals surface area contributed by atoms with Crippen LogP contribution in [0.5, 0.6) is 11.5 Å². The summed E-state index contributed by atoms with van der Waals surface area (Å²) >= 11 is 0. The van der Waals surface area contributed by atoms with E-state index in [9.17, 15) is 9.90 Å². The highest BCUT2D eigenvalue weighted by Crippen LogP contribution is 2.29. The van der Waals surface area contributed by atoms with Gasteiger partial charge in [0.2, 0.25) is 5.91 Å². The summed E-state index contributed by atoms with van der Waals surface area (Å²) in [5.74, 6) is 1.55. The first-order valence-corrected chi connectivity index (χ1v) is 10.0. The number of amides is 1. The average molecular weight is 390 g/mol. The molecule has 2 aliphatic rings. The number of methoxy groups -OCH3 is 1. The van der Waals surface area contributed by atoms with Crippen molar-refractivity contribution in [3.63, 3.8) is 0 Å². The summed E-state index contributed by atoms with van der Waals surface area (Å²) in [6.45, 7) is 6.92. The van der Waals surface area contributed by atoms with Crippen molar-refractivity contribution >= 4 is 11.9 Å². The molecule has 0 aromatic heterocycles. The molecule has 0 radical (unpaired) electrons. The highest BCUT2D eigenvalue weighted by Gasteiger charge is 2.26. The molecule has 0 unspecified atom stereocenters. The monoisotopic (exact) mass is 389 g/mol. The zero-order valence-corrected chi connectivity index (χ0v) is 16.8. The number of phenols is 1. The predicted octanol–water partition coefficient (Wildman–Crippen LogP) is 0.763. The molecule has 1 saturated heterocycles. The highest BCUT2D eigenvalue weighted by atomic mass is 16.5. The number of benzene rings is 1. The van der Waals surface area contributed by atoms with Crippen molar-refractivity contribution in [2.45, 2.75) is 32.4 Å². The van der Waals surface area contributed by atoms with Crippen LogP contribution < -0.4 is 15.4 Å². The minimum absolute atomic E-state index is 0.130. The Hall–Kier alpha value is -2.48. The average Bonchev–Trinajstić information content (AvgIpc) is 3.50. The Kier molecular flexibility index (Phi) is 6.97. The molecule has 1 aromatic carbocycles. The number of carbonyl (C=O) groups excluding carboxylic acids is 1. The Morgan fingerprint density at radius 3 is 2.68 bits per heavy atom. The molecule has 8 heteroatoms. The number of phenolic OH excluding ortho intramolecular Hbond substituents is 1. The van der Waals surface area contributed by atoms with E-state index < -0.39 is 0 Å². The summed E-state index contributed by atoms with van der Waals surface area (Å²) in [4.78, 5) is 21.1. The molecule has 0 atom stereocenters. The Morgan fingerprint density at radius 2 is 2.04 bits per heavy atom. The van der Waals surface area contributed by atoms with E-state index >= 15 is 0 Å². The van der Waals surface area contributed by atoms with Crippen molar-refractivity contribution in [2.24, 2.45) is 4.99 Å². The van der Waals surface area contributed by atoms with E-state index in [1.54, 1.807) is 6.07 Å². The lowest BCUT2D eigenvalue weighted by atomic mass is 10.2. The number of nitrogens with one attached hydrogen (secondary N) is 2. The Labute approximate surface area is 166 Å². The molecule has 28 heavy (non-hydrogen) atoms. The second-order valence-electron chi connectivity index (χ2n) is 7.24. The van der Waals surface area contributed by atoms with Crippen molar-refractivity contribution in [1.82, 2.24) is 20.4 Å². The second kappa shape index (κ2) is 9.64. The fraction of sp³-hybridized carbons (Fsp3) is 0.600. The zero-order chi connectivity index (χ0) is 19.9. The van der Waals surface area contributed by atoms with E-state index in [0.717, 1.165) is 57.1 Å². The van der Waals surface area contributed by atoms with Crippen LogP contribution in [0.2, 0.25) is 0 Å². The van der Waals surface area contributed by atoms with Crippen molar-refractivity contribution < 1.29 is 14.6 Å². The molecule has 1 heterocycles. The van der Waals surface area contributed by atoms with Gasteiger partial charge < -0.3 is 25.4 Å². The van der Waals surface area contributed by atoms with Crippen LogP contribution in [0.25, 0.3) is 0 Å². The predicted molar refractivity (Wildman–Crippen MR) is 109 cm³/mol. The molecule has 0 bridgehead atoms.